The highest BCUT2D eigenvalue weighted by atomic mass is 32.2. The van der Waals surface area contributed by atoms with Crippen molar-refractivity contribution in [2.24, 2.45) is 0 Å². The first-order chi connectivity index (χ1) is 8.64. The molecule has 2 saturated heterocycles. The van der Waals surface area contributed by atoms with Crippen LogP contribution in [0.4, 0.5) is 0 Å². The summed E-state index contributed by atoms with van der Waals surface area (Å²) in [5.74, 6) is 1.51. The Balaban J connectivity index is 1.76. The van der Waals surface area contributed by atoms with E-state index in [0.29, 0.717) is 23.9 Å². The Kier molecular flexibility index (Phi) is 3.11. The molecule has 2 unspecified atom stereocenters. The summed E-state index contributed by atoms with van der Waals surface area (Å²) in [6.07, 6.45) is 3.64. The summed E-state index contributed by atoms with van der Waals surface area (Å²) in [5.41, 5.74) is 0. The van der Waals surface area contributed by atoms with E-state index < -0.39 is 9.84 Å². The molecule has 1 aromatic heterocycles. The lowest BCUT2D eigenvalue weighted by atomic mass is 10.1. The highest BCUT2D eigenvalue weighted by Gasteiger charge is 2.30. The monoisotopic (exact) mass is 271 g/mol. The fourth-order valence-electron chi connectivity index (χ4n) is 2.68. The molecular formula is C11H17N3O3S. The van der Waals surface area contributed by atoms with E-state index in [0.717, 1.165) is 25.8 Å². The normalized spacial score (nSPS) is 31.6. The highest BCUT2D eigenvalue weighted by Crippen LogP contribution is 2.28. The minimum absolute atomic E-state index is 0.0948. The van der Waals surface area contributed by atoms with Crippen molar-refractivity contribution >= 4 is 9.84 Å². The van der Waals surface area contributed by atoms with Gasteiger partial charge in [0.15, 0.2) is 15.7 Å². The van der Waals surface area contributed by atoms with Crippen molar-refractivity contribution in [2.75, 3.05) is 18.1 Å². The lowest BCUT2D eigenvalue weighted by Crippen LogP contribution is -2.24. The van der Waals surface area contributed by atoms with Crippen LogP contribution in [0.25, 0.3) is 0 Å². The number of sulfone groups is 1. The standard InChI is InChI=1S/C11H17N3O3S/c15-18(16)6-2-3-8(7-18)10-13-11(17-14-10)9-4-1-5-12-9/h8-9,12H,1-7H2. The SMILES string of the molecule is O=S1(=O)CCCC(c2noc(C3CCCN3)n2)C1. The number of hydrogen-bond acceptors (Lipinski definition) is 6. The van der Waals surface area contributed by atoms with Gasteiger partial charge in [-0.05, 0) is 32.2 Å². The predicted octanol–water partition coefficient (Wildman–Crippen LogP) is 0.786. The van der Waals surface area contributed by atoms with E-state index in [2.05, 4.69) is 15.5 Å². The molecule has 0 amide bonds. The summed E-state index contributed by atoms with van der Waals surface area (Å²) in [6.45, 7) is 0.972. The van der Waals surface area contributed by atoms with Crippen LogP contribution in [0.2, 0.25) is 0 Å². The number of hydrogen-bond donors (Lipinski definition) is 1. The molecule has 0 bridgehead atoms. The second kappa shape index (κ2) is 4.62. The Morgan fingerprint density at radius 1 is 1.28 bits per heavy atom. The van der Waals surface area contributed by atoms with Gasteiger partial charge in [0, 0.05) is 5.92 Å². The Morgan fingerprint density at radius 2 is 2.17 bits per heavy atom. The number of aromatic nitrogens is 2. The van der Waals surface area contributed by atoms with Gasteiger partial charge < -0.3 is 9.84 Å². The van der Waals surface area contributed by atoms with E-state index in [1.54, 1.807) is 0 Å². The molecule has 2 fully saturated rings. The van der Waals surface area contributed by atoms with E-state index in [4.69, 9.17) is 4.52 Å². The van der Waals surface area contributed by atoms with Crippen molar-refractivity contribution in [3.63, 3.8) is 0 Å². The van der Waals surface area contributed by atoms with Gasteiger partial charge in [0.05, 0.1) is 17.5 Å². The summed E-state index contributed by atoms with van der Waals surface area (Å²) < 4.78 is 28.4. The van der Waals surface area contributed by atoms with E-state index in [9.17, 15) is 8.42 Å². The largest absolute Gasteiger partial charge is 0.338 e. The summed E-state index contributed by atoms with van der Waals surface area (Å²) in [5, 5.41) is 7.25. The van der Waals surface area contributed by atoms with E-state index in [-0.39, 0.29) is 17.7 Å². The molecule has 0 aliphatic carbocycles. The van der Waals surface area contributed by atoms with Crippen LogP contribution < -0.4 is 5.32 Å². The van der Waals surface area contributed by atoms with Crippen LogP contribution in [0.5, 0.6) is 0 Å². The molecule has 6 nitrogen and oxygen atoms in total. The smallest absolute Gasteiger partial charge is 0.243 e. The number of nitrogens with zero attached hydrogens (tertiary/aromatic N) is 2. The molecule has 0 radical (unpaired) electrons. The molecule has 2 aliphatic rings. The Hall–Kier alpha value is -0.950. The lowest BCUT2D eigenvalue weighted by Gasteiger charge is -2.18. The van der Waals surface area contributed by atoms with Gasteiger partial charge in [-0.25, -0.2) is 8.42 Å². The fraction of sp³-hybridized carbons (Fsp3) is 0.818. The minimum Gasteiger partial charge on any atom is -0.338 e. The fourth-order valence-corrected chi connectivity index (χ4v) is 4.38. The third kappa shape index (κ3) is 2.42. The third-order valence-corrected chi connectivity index (χ3v) is 5.46. The molecule has 3 heterocycles. The summed E-state index contributed by atoms with van der Waals surface area (Å²) in [7, 11) is -2.93. The van der Waals surface area contributed by atoms with Gasteiger partial charge >= 0.3 is 0 Å². The number of rotatable bonds is 2. The van der Waals surface area contributed by atoms with Crippen molar-refractivity contribution < 1.29 is 12.9 Å². The maximum Gasteiger partial charge on any atom is 0.243 e. The summed E-state index contributed by atoms with van der Waals surface area (Å²) in [4.78, 5) is 4.38. The molecule has 0 aromatic carbocycles. The average Bonchev–Trinajstić information content (AvgIpc) is 2.99. The van der Waals surface area contributed by atoms with E-state index in [1.165, 1.54) is 0 Å². The van der Waals surface area contributed by atoms with Crippen molar-refractivity contribution in [1.29, 1.82) is 0 Å². The van der Waals surface area contributed by atoms with Crippen LogP contribution in [-0.2, 0) is 9.84 Å². The molecule has 1 aromatic rings. The molecule has 18 heavy (non-hydrogen) atoms. The summed E-state index contributed by atoms with van der Waals surface area (Å²) >= 11 is 0. The predicted molar refractivity (Wildman–Crippen MR) is 64.9 cm³/mol. The van der Waals surface area contributed by atoms with Crippen LogP contribution in [-0.4, -0.2) is 36.6 Å². The zero-order valence-corrected chi connectivity index (χ0v) is 10.9. The Labute approximate surface area is 106 Å². The maximum atomic E-state index is 11.6. The molecule has 0 spiro atoms. The Bertz CT molecular complexity index is 519. The van der Waals surface area contributed by atoms with Crippen molar-refractivity contribution in [3.8, 4) is 0 Å². The van der Waals surface area contributed by atoms with Gasteiger partial charge in [-0.15, -0.1) is 0 Å². The van der Waals surface area contributed by atoms with E-state index in [1.807, 2.05) is 0 Å². The summed E-state index contributed by atoms with van der Waals surface area (Å²) in [6, 6.07) is 0.145. The molecule has 2 atom stereocenters. The molecule has 1 N–H and O–H groups in total. The second-order valence-corrected chi connectivity index (χ2v) is 7.32. The van der Waals surface area contributed by atoms with Crippen LogP contribution in [0.3, 0.4) is 0 Å². The van der Waals surface area contributed by atoms with Crippen LogP contribution in [0.1, 0.15) is 49.4 Å². The van der Waals surface area contributed by atoms with Gasteiger partial charge in [-0.2, -0.15) is 4.98 Å². The zero-order chi connectivity index (χ0) is 12.6. The van der Waals surface area contributed by atoms with Gasteiger partial charge in [-0.3, -0.25) is 0 Å². The number of nitrogens with one attached hydrogen (secondary N) is 1. The quantitative estimate of drug-likeness (QED) is 0.856. The lowest BCUT2D eigenvalue weighted by molar-refractivity contribution is 0.339. The third-order valence-electron chi connectivity index (χ3n) is 3.64. The van der Waals surface area contributed by atoms with Gasteiger partial charge in [0.2, 0.25) is 5.89 Å². The maximum absolute atomic E-state index is 11.6. The first-order valence-corrected chi connectivity index (χ1v) is 8.23. The van der Waals surface area contributed by atoms with Crippen molar-refractivity contribution in [2.45, 2.75) is 37.6 Å². The van der Waals surface area contributed by atoms with Crippen LogP contribution in [0.15, 0.2) is 4.52 Å². The molecule has 7 heteroatoms. The van der Waals surface area contributed by atoms with Gasteiger partial charge in [0.25, 0.3) is 0 Å². The molecule has 100 valence electrons. The van der Waals surface area contributed by atoms with Gasteiger partial charge in [0.1, 0.15) is 0 Å². The van der Waals surface area contributed by atoms with Gasteiger partial charge in [-0.1, -0.05) is 5.16 Å². The molecule has 3 rings (SSSR count). The molecular weight excluding hydrogens is 254 g/mol. The van der Waals surface area contributed by atoms with E-state index >= 15 is 0 Å². The second-order valence-electron chi connectivity index (χ2n) is 5.09. The minimum atomic E-state index is -2.93. The first-order valence-electron chi connectivity index (χ1n) is 6.41. The Morgan fingerprint density at radius 3 is 2.89 bits per heavy atom. The molecule has 2 aliphatic heterocycles. The highest BCUT2D eigenvalue weighted by molar-refractivity contribution is 7.91. The average molecular weight is 271 g/mol. The van der Waals surface area contributed by atoms with Crippen molar-refractivity contribution in [1.82, 2.24) is 15.5 Å². The first kappa shape index (κ1) is 12.1. The van der Waals surface area contributed by atoms with Crippen molar-refractivity contribution in [3.05, 3.63) is 11.7 Å². The van der Waals surface area contributed by atoms with Crippen LogP contribution >= 0.6 is 0 Å². The topological polar surface area (TPSA) is 85.1 Å². The zero-order valence-electron chi connectivity index (χ0n) is 10.1. The van der Waals surface area contributed by atoms with Crippen LogP contribution in [0, 0.1) is 0 Å². The molecule has 0 saturated carbocycles.